The highest BCUT2D eigenvalue weighted by Crippen LogP contribution is 2.11. The Kier molecular flexibility index (Phi) is 4.55. The number of esters is 1. The molecule has 0 saturated heterocycles. The molecule has 1 aromatic carbocycles. The summed E-state index contributed by atoms with van der Waals surface area (Å²) in [4.78, 5) is 23.1. The first-order valence-corrected chi connectivity index (χ1v) is 6.28. The summed E-state index contributed by atoms with van der Waals surface area (Å²) in [7, 11) is 0. The summed E-state index contributed by atoms with van der Waals surface area (Å²) in [6, 6.07) is 10.6. The molecule has 2 aromatic rings. The maximum absolute atomic E-state index is 11.7. The Balaban J connectivity index is 1.85. The zero-order chi connectivity index (χ0) is 14.4. The van der Waals surface area contributed by atoms with Gasteiger partial charge in [-0.3, -0.25) is 4.79 Å². The average molecular weight is 273 g/mol. The fourth-order valence-corrected chi connectivity index (χ4v) is 1.66. The second-order valence-electron chi connectivity index (χ2n) is 4.16. The van der Waals surface area contributed by atoms with Crippen LogP contribution in [0.4, 0.5) is 5.69 Å². The Morgan fingerprint density at radius 2 is 2.10 bits per heavy atom. The van der Waals surface area contributed by atoms with Crippen LogP contribution in [0, 0.1) is 0 Å². The largest absolute Gasteiger partial charge is 0.457 e. The molecule has 104 valence electrons. The van der Waals surface area contributed by atoms with Gasteiger partial charge in [-0.25, -0.2) is 4.79 Å². The van der Waals surface area contributed by atoms with E-state index in [1.54, 1.807) is 12.1 Å². The molecule has 0 saturated carbocycles. The minimum absolute atomic E-state index is 0.0748. The summed E-state index contributed by atoms with van der Waals surface area (Å²) in [6.07, 6.45) is 2.25. The Hall–Kier alpha value is -2.56. The molecule has 2 rings (SSSR count). The van der Waals surface area contributed by atoms with E-state index in [1.807, 2.05) is 25.1 Å². The van der Waals surface area contributed by atoms with Gasteiger partial charge >= 0.3 is 5.97 Å². The molecule has 1 heterocycles. The van der Waals surface area contributed by atoms with Gasteiger partial charge in [-0.15, -0.1) is 0 Å². The molecule has 0 spiro atoms. The molecule has 5 heteroatoms. The van der Waals surface area contributed by atoms with Crippen LogP contribution in [0.1, 0.15) is 23.0 Å². The standard InChI is InChI=1S/C15H15NO4/c1-2-11-5-3-6-12(9-11)16-14(17)10-20-15(18)13-7-4-8-19-13/h3-9H,2,10H2,1H3,(H,16,17). The van der Waals surface area contributed by atoms with Crippen LogP contribution in [0.15, 0.2) is 47.1 Å². The number of amides is 1. The monoisotopic (exact) mass is 273 g/mol. The van der Waals surface area contributed by atoms with Crippen LogP contribution in [0.5, 0.6) is 0 Å². The third-order valence-electron chi connectivity index (χ3n) is 2.68. The van der Waals surface area contributed by atoms with Crippen LogP contribution < -0.4 is 5.32 Å². The molecular formula is C15H15NO4. The van der Waals surface area contributed by atoms with E-state index in [9.17, 15) is 9.59 Å². The average Bonchev–Trinajstić information content (AvgIpc) is 2.99. The number of carbonyl (C=O) groups excluding carboxylic acids is 2. The number of nitrogens with one attached hydrogen (secondary N) is 1. The number of carbonyl (C=O) groups is 2. The van der Waals surface area contributed by atoms with Gasteiger partial charge in [0.05, 0.1) is 6.26 Å². The van der Waals surface area contributed by atoms with E-state index >= 15 is 0 Å². The Bertz CT molecular complexity index is 590. The van der Waals surface area contributed by atoms with Crippen molar-refractivity contribution in [2.45, 2.75) is 13.3 Å². The topological polar surface area (TPSA) is 68.5 Å². The lowest BCUT2D eigenvalue weighted by molar-refractivity contribution is -0.119. The molecule has 1 N–H and O–H groups in total. The SMILES string of the molecule is CCc1cccc(NC(=O)COC(=O)c2ccco2)c1. The van der Waals surface area contributed by atoms with Crippen molar-refractivity contribution in [3.63, 3.8) is 0 Å². The number of hydrogen-bond donors (Lipinski definition) is 1. The second kappa shape index (κ2) is 6.56. The molecule has 0 unspecified atom stereocenters. The van der Waals surface area contributed by atoms with Crippen LogP contribution in [-0.4, -0.2) is 18.5 Å². The number of ether oxygens (including phenoxy) is 1. The molecule has 5 nitrogen and oxygen atoms in total. The lowest BCUT2D eigenvalue weighted by Gasteiger charge is -2.07. The number of anilines is 1. The first-order chi connectivity index (χ1) is 9.69. The molecule has 0 aliphatic heterocycles. The zero-order valence-corrected chi connectivity index (χ0v) is 11.1. The van der Waals surface area contributed by atoms with E-state index in [0.29, 0.717) is 5.69 Å². The molecule has 0 radical (unpaired) electrons. The Morgan fingerprint density at radius 1 is 1.25 bits per heavy atom. The van der Waals surface area contributed by atoms with Gasteiger partial charge in [0.2, 0.25) is 5.76 Å². The number of rotatable bonds is 5. The highest BCUT2D eigenvalue weighted by molar-refractivity contribution is 5.94. The van der Waals surface area contributed by atoms with E-state index in [2.05, 4.69) is 5.32 Å². The normalized spacial score (nSPS) is 10.1. The van der Waals surface area contributed by atoms with E-state index in [-0.39, 0.29) is 12.4 Å². The lowest BCUT2D eigenvalue weighted by Crippen LogP contribution is -2.20. The molecular weight excluding hydrogens is 258 g/mol. The highest BCUT2D eigenvalue weighted by atomic mass is 16.5. The first-order valence-electron chi connectivity index (χ1n) is 6.28. The summed E-state index contributed by atoms with van der Waals surface area (Å²) < 4.78 is 9.70. The lowest BCUT2D eigenvalue weighted by atomic mass is 10.1. The van der Waals surface area contributed by atoms with E-state index in [0.717, 1.165) is 12.0 Å². The van der Waals surface area contributed by atoms with Crippen LogP contribution in [0.2, 0.25) is 0 Å². The molecule has 0 aliphatic rings. The maximum atomic E-state index is 11.7. The molecule has 20 heavy (non-hydrogen) atoms. The van der Waals surface area contributed by atoms with Gasteiger partial charge in [0, 0.05) is 5.69 Å². The van der Waals surface area contributed by atoms with Gasteiger partial charge in [-0.1, -0.05) is 19.1 Å². The van der Waals surface area contributed by atoms with Crippen molar-refractivity contribution in [1.29, 1.82) is 0 Å². The molecule has 1 aromatic heterocycles. The molecule has 0 fully saturated rings. The third-order valence-corrected chi connectivity index (χ3v) is 2.68. The smallest absolute Gasteiger partial charge is 0.374 e. The maximum Gasteiger partial charge on any atom is 0.374 e. The fraction of sp³-hybridized carbons (Fsp3) is 0.200. The van der Waals surface area contributed by atoms with Crippen molar-refractivity contribution in [2.75, 3.05) is 11.9 Å². The number of aryl methyl sites for hydroxylation is 1. The van der Waals surface area contributed by atoms with Gasteiger partial charge in [0.1, 0.15) is 0 Å². The van der Waals surface area contributed by atoms with Crippen LogP contribution in [-0.2, 0) is 16.0 Å². The van der Waals surface area contributed by atoms with Crippen LogP contribution >= 0.6 is 0 Å². The van der Waals surface area contributed by atoms with Gasteiger partial charge in [-0.2, -0.15) is 0 Å². The first kappa shape index (κ1) is 13.9. The summed E-state index contributed by atoms with van der Waals surface area (Å²) in [6.45, 7) is 1.68. The minimum atomic E-state index is -0.660. The van der Waals surface area contributed by atoms with Gasteiger partial charge in [0.15, 0.2) is 6.61 Å². The van der Waals surface area contributed by atoms with Crippen molar-refractivity contribution < 1.29 is 18.7 Å². The summed E-state index contributed by atoms with van der Waals surface area (Å²) in [5.41, 5.74) is 1.80. The van der Waals surface area contributed by atoms with E-state index < -0.39 is 11.9 Å². The van der Waals surface area contributed by atoms with Crippen molar-refractivity contribution in [3.8, 4) is 0 Å². The number of furan rings is 1. The Labute approximate surface area is 116 Å². The van der Waals surface area contributed by atoms with Crippen molar-refractivity contribution >= 4 is 17.6 Å². The summed E-state index contributed by atoms with van der Waals surface area (Å²) in [5.74, 6) is -0.976. The predicted octanol–water partition coefficient (Wildman–Crippen LogP) is 2.64. The van der Waals surface area contributed by atoms with Gasteiger partial charge in [-0.05, 0) is 36.2 Å². The molecule has 0 aliphatic carbocycles. The molecule has 0 bridgehead atoms. The third kappa shape index (κ3) is 3.71. The minimum Gasteiger partial charge on any atom is -0.457 e. The molecule has 1 amide bonds. The number of benzene rings is 1. The van der Waals surface area contributed by atoms with Crippen molar-refractivity contribution in [1.82, 2.24) is 0 Å². The highest BCUT2D eigenvalue weighted by Gasteiger charge is 2.12. The van der Waals surface area contributed by atoms with E-state index in [4.69, 9.17) is 9.15 Å². The van der Waals surface area contributed by atoms with E-state index in [1.165, 1.54) is 12.3 Å². The van der Waals surface area contributed by atoms with Crippen LogP contribution in [0.3, 0.4) is 0 Å². The summed E-state index contributed by atoms with van der Waals surface area (Å²) in [5, 5.41) is 2.67. The van der Waals surface area contributed by atoms with Crippen molar-refractivity contribution in [2.24, 2.45) is 0 Å². The zero-order valence-electron chi connectivity index (χ0n) is 11.1. The predicted molar refractivity (Wildman–Crippen MR) is 73.4 cm³/mol. The summed E-state index contributed by atoms with van der Waals surface area (Å²) >= 11 is 0. The molecule has 0 atom stereocenters. The fourth-order valence-electron chi connectivity index (χ4n) is 1.66. The van der Waals surface area contributed by atoms with Crippen molar-refractivity contribution in [3.05, 3.63) is 54.0 Å². The van der Waals surface area contributed by atoms with Gasteiger partial charge in [0.25, 0.3) is 5.91 Å². The number of hydrogen-bond acceptors (Lipinski definition) is 4. The second-order valence-corrected chi connectivity index (χ2v) is 4.16. The Morgan fingerprint density at radius 3 is 2.80 bits per heavy atom. The van der Waals surface area contributed by atoms with Gasteiger partial charge < -0.3 is 14.5 Å². The van der Waals surface area contributed by atoms with Crippen LogP contribution in [0.25, 0.3) is 0 Å². The quantitative estimate of drug-likeness (QED) is 0.850.